The number of pyridine rings is 1. The molecule has 0 saturated carbocycles. The Kier molecular flexibility index (Phi) is 6.03. The van der Waals surface area contributed by atoms with Gasteiger partial charge in [-0.3, -0.25) is 19.1 Å². The van der Waals surface area contributed by atoms with Crippen molar-refractivity contribution in [1.82, 2.24) is 14.5 Å². The van der Waals surface area contributed by atoms with Crippen molar-refractivity contribution >= 4 is 22.6 Å². The first-order chi connectivity index (χ1) is 13.5. The molecule has 28 heavy (non-hydrogen) atoms. The zero-order valence-electron chi connectivity index (χ0n) is 16.1. The molecule has 3 aromatic rings. The lowest BCUT2D eigenvalue weighted by molar-refractivity contribution is 0.102. The number of nitrogens with one attached hydrogen (secondary N) is 2. The first kappa shape index (κ1) is 19.5. The van der Waals surface area contributed by atoms with Crippen LogP contribution in [-0.4, -0.2) is 20.4 Å². The maximum atomic E-state index is 12.6. The minimum atomic E-state index is -0.546. The lowest BCUT2D eigenvalue weighted by Crippen LogP contribution is -2.31. The van der Waals surface area contributed by atoms with Gasteiger partial charge < -0.3 is 5.32 Å². The van der Waals surface area contributed by atoms with Crippen LogP contribution in [0.15, 0.2) is 46.1 Å². The van der Waals surface area contributed by atoms with E-state index in [-0.39, 0.29) is 22.5 Å². The van der Waals surface area contributed by atoms with E-state index in [9.17, 15) is 14.4 Å². The zero-order chi connectivity index (χ0) is 20.1. The molecule has 2 N–H and O–H groups in total. The van der Waals surface area contributed by atoms with Crippen molar-refractivity contribution in [2.24, 2.45) is 0 Å². The summed E-state index contributed by atoms with van der Waals surface area (Å²) in [5.41, 5.74) is 1.41. The highest BCUT2D eigenvalue weighted by Crippen LogP contribution is 2.14. The molecule has 2 aromatic heterocycles. The summed E-state index contributed by atoms with van der Waals surface area (Å²) < 4.78 is 1.41. The van der Waals surface area contributed by atoms with Crippen molar-refractivity contribution in [2.45, 2.75) is 46.1 Å². The van der Waals surface area contributed by atoms with Gasteiger partial charge in [0.25, 0.3) is 11.5 Å². The molecule has 1 amide bonds. The number of aromatic amines is 1. The van der Waals surface area contributed by atoms with Gasteiger partial charge in [-0.25, -0.2) is 9.78 Å². The fourth-order valence-corrected chi connectivity index (χ4v) is 3.06. The van der Waals surface area contributed by atoms with Gasteiger partial charge in [-0.15, -0.1) is 0 Å². The minimum absolute atomic E-state index is 0.218. The van der Waals surface area contributed by atoms with E-state index < -0.39 is 11.2 Å². The van der Waals surface area contributed by atoms with Crippen LogP contribution in [0, 0.1) is 0 Å². The van der Waals surface area contributed by atoms with Crippen LogP contribution in [0.4, 0.5) is 5.69 Å². The summed E-state index contributed by atoms with van der Waals surface area (Å²) in [6, 6.07) is 9.19. The first-order valence-corrected chi connectivity index (χ1v) is 9.56. The molecule has 2 heterocycles. The third kappa shape index (κ3) is 4.19. The number of amides is 1. The number of rotatable bonds is 7. The predicted molar refractivity (Wildman–Crippen MR) is 110 cm³/mol. The lowest BCUT2D eigenvalue weighted by atomic mass is 10.1. The molecule has 0 spiro atoms. The third-order valence-corrected chi connectivity index (χ3v) is 4.57. The molecule has 0 saturated heterocycles. The van der Waals surface area contributed by atoms with Crippen LogP contribution in [0.2, 0.25) is 0 Å². The van der Waals surface area contributed by atoms with Gasteiger partial charge in [0.1, 0.15) is 5.65 Å². The number of aryl methyl sites for hydroxylation is 2. The molecule has 0 fully saturated rings. The number of aromatic nitrogens is 3. The Morgan fingerprint density at radius 2 is 1.89 bits per heavy atom. The van der Waals surface area contributed by atoms with Crippen molar-refractivity contribution in [1.29, 1.82) is 0 Å². The molecule has 0 aliphatic rings. The van der Waals surface area contributed by atoms with E-state index in [1.165, 1.54) is 22.4 Å². The van der Waals surface area contributed by atoms with Crippen LogP contribution in [-0.2, 0) is 13.0 Å². The summed E-state index contributed by atoms with van der Waals surface area (Å²) in [5, 5.41) is 3.04. The number of carbonyl (C=O) groups is 1. The Balaban J connectivity index is 1.86. The number of benzene rings is 1. The Morgan fingerprint density at radius 1 is 1.14 bits per heavy atom. The van der Waals surface area contributed by atoms with Crippen molar-refractivity contribution in [3.63, 3.8) is 0 Å². The smallest absolute Gasteiger partial charge is 0.322 e. The summed E-state index contributed by atoms with van der Waals surface area (Å²) in [7, 11) is 0. The molecular formula is C21H24N4O3. The van der Waals surface area contributed by atoms with Gasteiger partial charge in [-0.1, -0.05) is 32.4 Å². The van der Waals surface area contributed by atoms with Crippen molar-refractivity contribution in [3.05, 3.63) is 68.5 Å². The second-order valence-corrected chi connectivity index (χ2v) is 6.76. The Morgan fingerprint density at radius 3 is 2.57 bits per heavy atom. The predicted octanol–water partition coefficient (Wildman–Crippen LogP) is 3.09. The van der Waals surface area contributed by atoms with E-state index in [1.807, 2.05) is 31.2 Å². The summed E-state index contributed by atoms with van der Waals surface area (Å²) in [6.07, 6.45) is 5.39. The average Bonchev–Trinajstić information content (AvgIpc) is 2.70. The van der Waals surface area contributed by atoms with Gasteiger partial charge in [-0.2, -0.15) is 0 Å². The monoisotopic (exact) mass is 380 g/mol. The first-order valence-electron chi connectivity index (χ1n) is 9.56. The quantitative estimate of drug-likeness (QED) is 0.658. The molecule has 0 bridgehead atoms. The van der Waals surface area contributed by atoms with Gasteiger partial charge in [0.15, 0.2) is 0 Å². The van der Waals surface area contributed by atoms with Gasteiger partial charge in [0, 0.05) is 18.4 Å². The van der Waals surface area contributed by atoms with Crippen LogP contribution >= 0.6 is 0 Å². The van der Waals surface area contributed by atoms with Crippen LogP contribution in [0.1, 0.15) is 49.0 Å². The number of hydrogen-bond donors (Lipinski definition) is 2. The third-order valence-electron chi connectivity index (χ3n) is 4.57. The van der Waals surface area contributed by atoms with Crippen molar-refractivity contribution in [2.75, 3.05) is 5.32 Å². The number of nitrogens with zero attached hydrogens (tertiary/aromatic N) is 2. The van der Waals surface area contributed by atoms with Gasteiger partial charge >= 0.3 is 5.69 Å². The summed E-state index contributed by atoms with van der Waals surface area (Å²) in [4.78, 5) is 43.2. The van der Waals surface area contributed by atoms with Crippen LogP contribution in [0.3, 0.4) is 0 Å². The SMILES string of the molecule is CCCCc1ccc(NC(=O)c2cnc3c(c2)c(=O)[nH]c(=O)n3CCC)cc1. The van der Waals surface area contributed by atoms with Gasteiger partial charge in [0.05, 0.1) is 10.9 Å². The maximum Gasteiger partial charge on any atom is 0.329 e. The molecule has 0 unspecified atom stereocenters. The Hall–Kier alpha value is -3.22. The molecular weight excluding hydrogens is 356 g/mol. The Labute approximate surface area is 162 Å². The number of unbranched alkanes of at least 4 members (excludes halogenated alkanes) is 1. The summed E-state index contributed by atoms with van der Waals surface area (Å²) >= 11 is 0. The zero-order valence-corrected chi connectivity index (χ0v) is 16.1. The second-order valence-electron chi connectivity index (χ2n) is 6.76. The van der Waals surface area contributed by atoms with Crippen LogP contribution < -0.4 is 16.6 Å². The average molecular weight is 380 g/mol. The molecule has 146 valence electrons. The highest BCUT2D eigenvalue weighted by Gasteiger charge is 2.13. The van der Waals surface area contributed by atoms with Crippen LogP contribution in [0.25, 0.3) is 11.0 Å². The van der Waals surface area contributed by atoms with E-state index in [2.05, 4.69) is 22.2 Å². The topological polar surface area (TPSA) is 96.8 Å². The lowest BCUT2D eigenvalue weighted by Gasteiger charge is -2.09. The van der Waals surface area contributed by atoms with Crippen molar-refractivity contribution < 1.29 is 4.79 Å². The molecule has 0 aliphatic carbocycles. The van der Waals surface area contributed by atoms with E-state index in [0.717, 1.165) is 25.7 Å². The molecule has 7 nitrogen and oxygen atoms in total. The normalized spacial score (nSPS) is 10.9. The largest absolute Gasteiger partial charge is 0.329 e. The van der Waals surface area contributed by atoms with Crippen molar-refractivity contribution in [3.8, 4) is 0 Å². The summed E-state index contributed by atoms with van der Waals surface area (Å²) in [6.45, 7) is 4.52. The molecule has 7 heteroatoms. The number of anilines is 1. The molecule has 0 radical (unpaired) electrons. The van der Waals surface area contributed by atoms with Crippen LogP contribution in [0.5, 0.6) is 0 Å². The summed E-state index contributed by atoms with van der Waals surface area (Å²) in [5.74, 6) is -0.358. The van der Waals surface area contributed by atoms with Gasteiger partial charge in [-0.05, 0) is 43.0 Å². The maximum absolute atomic E-state index is 12.6. The Bertz CT molecular complexity index is 1100. The number of fused-ring (bicyclic) bond motifs is 1. The fourth-order valence-electron chi connectivity index (χ4n) is 3.06. The molecule has 0 atom stereocenters. The number of carbonyl (C=O) groups excluding carboxylic acids is 1. The minimum Gasteiger partial charge on any atom is -0.322 e. The highest BCUT2D eigenvalue weighted by molar-refractivity contribution is 6.05. The molecule has 0 aliphatic heterocycles. The van der Waals surface area contributed by atoms with E-state index in [1.54, 1.807) is 0 Å². The molecule has 1 aromatic carbocycles. The number of H-pyrrole nitrogens is 1. The standard InChI is InChI=1S/C21H24N4O3/c1-3-5-6-14-7-9-16(10-8-14)23-19(26)15-12-17-18(22-13-15)25(11-4-2)21(28)24-20(17)27/h7-10,12-13H,3-6,11H2,1-2H3,(H,23,26)(H,24,27,28). The second kappa shape index (κ2) is 8.65. The van der Waals surface area contributed by atoms with E-state index in [0.29, 0.717) is 12.2 Å². The van der Waals surface area contributed by atoms with Gasteiger partial charge in [0.2, 0.25) is 0 Å². The van der Waals surface area contributed by atoms with E-state index in [4.69, 9.17) is 0 Å². The highest BCUT2D eigenvalue weighted by atomic mass is 16.2. The molecule has 3 rings (SSSR count). The number of hydrogen-bond acceptors (Lipinski definition) is 4. The fraction of sp³-hybridized carbons (Fsp3) is 0.333. The van der Waals surface area contributed by atoms with E-state index >= 15 is 0 Å².